The van der Waals surface area contributed by atoms with E-state index < -0.39 is 12.0 Å². The first-order chi connectivity index (χ1) is 15.6. The molecule has 0 aromatic heterocycles. The summed E-state index contributed by atoms with van der Waals surface area (Å²) < 4.78 is 4.87. The number of nitrogens with one attached hydrogen (secondary N) is 1. The highest BCUT2D eigenvalue weighted by Crippen LogP contribution is 2.13. The Morgan fingerprint density at radius 1 is 0.812 bits per heavy atom. The van der Waals surface area contributed by atoms with Crippen LogP contribution in [0.3, 0.4) is 0 Å². The summed E-state index contributed by atoms with van der Waals surface area (Å²) >= 11 is 4.61. The Bertz CT molecular complexity index is 460. The molecule has 0 aliphatic carbocycles. The highest BCUT2D eigenvalue weighted by Gasteiger charge is 2.13. The molecule has 0 saturated heterocycles. The highest BCUT2D eigenvalue weighted by atomic mass is 32.1. The van der Waals surface area contributed by atoms with Crippen molar-refractivity contribution in [2.45, 2.75) is 135 Å². The van der Waals surface area contributed by atoms with E-state index in [2.05, 4.69) is 24.5 Å². The maximum atomic E-state index is 11.9. The monoisotopic (exact) mass is 470 g/mol. The lowest BCUT2D eigenvalue weighted by Gasteiger charge is -2.10. The largest absolute Gasteiger partial charge is 0.459 e. The standard InChI is InChI=1S/C26H50N2O3S/c1-2-3-4-5-6-7-8-9-10-11-12-13-14-15-16-20-25(29)28-21-18-17-19-24(27)26(30)31-22-23-32/h23-24H,2-22,27H2,1H3,(H,28,29)/t24-/m0/s1. The SMILES string of the molecule is CCCCCCCCCCCCCCCCCC(=O)NCCCC[C@H](N)C(=O)OCC=S. The second-order valence-corrected chi connectivity index (χ2v) is 9.28. The minimum Gasteiger partial charge on any atom is -0.459 e. The van der Waals surface area contributed by atoms with Gasteiger partial charge >= 0.3 is 5.97 Å². The summed E-state index contributed by atoms with van der Waals surface area (Å²) in [5, 5.41) is 4.31. The number of esters is 1. The van der Waals surface area contributed by atoms with Crippen LogP contribution in [0.1, 0.15) is 129 Å². The smallest absolute Gasteiger partial charge is 0.323 e. The number of unbranched alkanes of at least 4 members (excludes halogenated alkanes) is 15. The van der Waals surface area contributed by atoms with Crippen LogP contribution in [0, 0.1) is 0 Å². The number of hydrogen-bond donors (Lipinski definition) is 2. The van der Waals surface area contributed by atoms with Crippen molar-refractivity contribution in [2.24, 2.45) is 5.73 Å². The summed E-state index contributed by atoms with van der Waals surface area (Å²) in [5.41, 5.74) is 5.76. The minimum atomic E-state index is -0.610. The van der Waals surface area contributed by atoms with Crippen molar-refractivity contribution in [1.82, 2.24) is 5.32 Å². The molecule has 1 amide bonds. The van der Waals surface area contributed by atoms with E-state index in [0.717, 1.165) is 25.7 Å². The summed E-state index contributed by atoms with van der Waals surface area (Å²) in [6.07, 6.45) is 22.7. The van der Waals surface area contributed by atoms with Gasteiger partial charge in [-0.2, -0.15) is 0 Å². The lowest BCUT2D eigenvalue weighted by Crippen LogP contribution is -2.33. The van der Waals surface area contributed by atoms with Crippen molar-refractivity contribution in [1.29, 1.82) is 0 Å². The molecule has 3 N–H and O–H groups in total. The fourth-order valence-electron chi connectivity index (χ4n) is 3.80. The van der Waals surface area contributed by atoms with Gasteiger partial charge in [0.2, 0.25) is 5.91 Å². The number of nitrogens with two attached hydrogens (primary N) is 1. The third kappa shape index (κ3) is 22.2. The van der Waals surface area contributed by atoms with Crippen LogP contribution in [0.25, 0.3) is 0 Å². The number of hydrogen-bond acceptors (Lipinski definition) is 5. The zero-order valence-electron chi connectivity index (χ0n) is 20.7. The summed E-state index contributed by atoms with van der Waals surface area (Å²) in [7, 11) is 0. The molecule has 5 nitrogen and oxygen atoms in total. The first kappa shape index (κ1) is 31.0. The van der Waals surface area contributed by atoms with Crippen LogP contribution in [0.5, 0.6) is 0 Å². The van der Waals surface area contributed by atoms with E-state index in [1.807, 2.05) is 0 Å². The molecule has 0 rings (SSSR count). The fourth-order valence-corrected chi connectivity index (χ4v) is 3.87. The summed E-state index contributed by atoms with van der Waals surface area (Å²) in [6, 6.07) is -0.610. The molecule has 0 radical (unpaired) electrons. The van der Waals surface area contributed by atoms with Gasteiger partial charge in [0.25, 0.3) is 0 Å². The molecule has 0 heterocycles. The van der Waals surface area contributed by atoms with Crippen molar-refractivity contribution >= 4 is 29.5 Å². The second-order valence-electron chi connectivity index (χ2n) is 8.95. The second kappa shape index (κ2) is 24.6. The molecule has 0 fully saturated rings. The van der Waals surface area contributed by atoms with E-state index in [0.29, 0.717) is 19.4 Å². The topological polar surface area (TPSA) is 81.4 Å². The van der Waals surface area contributed by atoms with Crippen LogP contribution in [-0.4, -0.2) is 36.4 Å². The molecular formula is C26H50N2O3S. The van der Waals surface area contributed by atoms with Gasteiger partial charge in [-0.3, -0.25) is 9.59 Å². The van der Waals surface area contributed by atoms with Crippen LogP contribution in [0.2, 0.25) is 0 Å². The molecule has 0 spiro atoms. The minimum absolute atomic E-state index is 0.122. The molecule has 0 saturated carbocycles. The van der Waals surface area contributed by atoms with Crippen LogP contribution in [-0.2, 0) is 14.3 Å². The molecule has 0 aliphatic heterocycles. The predicted octanol–water partition coefficient (Wildman–Crippen LogP) is 6.40. The van der Waals surface area contributed by atoms with Gasteiger partial charge in [0.15, 0.2) is 0 Å². The Hall–Kier alpha value is -1.01. The van der Waals surface area contributed by atoms with Crippen LogP contribution in [0.4, 0.5) is 0 Å². The van der Waals surface area contributed by atoms with Crippen molar-refractivity contribution in [2.75, 3.05) is 13.2 Å². The van der Waals surface area contributed by atoms with E-state index >= 15 is 0 Å². The Morgan fingerprint density at radius 2 is 1.31 bits per heavy atom. The molecule has 6 heteroatoms. The first-order valence-corrected chi connectivity index (χ1v) is 13.7. The Kier molecular flexibility index (Phi) is 23.9. The van der Waals surface area contributed by atoms with Crippen molar-refractivity contribution in [3.05, 3.63) is 0 Å². The quantitative estimate of drug-likeness (QED) is 0.0968. The van der Waals surface area contributed by atoms with Crippen molar-refractivity contribution < 1.29 is 14.3 Å². The zero-order chi connectivity index (χ0) is 23.7. The normalized spacial score (nSPS) is 11.8. The maximum absolute atomic E-state index is 11.9. The molecule has 32 heavy (non-hydrogen) atoms. The Morgan fingerprint density at radius 3 is 1.81 bits per heavy atom. The van der Waals surface area contributed by atoms with Crippen molar-refractivity contribution in [3.63, 3.8) is 0 Å². The van der Waals surface area contributed by atoms with Crippen LogP contribution >= 0.6 is 12.2 Å². The van der Waals surface area contributed by atoms with Crippen LogP contribution < -0.4 is 11.1 Å². The molecule has 0 aromatic carbocycles. The molecular weight excluding hydrogens is 420 g/mol. The van der Waals surface area contributed by atoms with Gasteiger partial charge in [0.1, 0.15) is 12.6 Å². The number of ether oxygens (including phenoxy) is 1. The van der Waals surface area contributed by atoms with Gasteiger partial charge in [-0.15, -0.1) is 0 Å². The average Bonchev–Trinajstić information content (AvgIpc) is 2.79. The van der Waals surface area contributed by atoms with Gasteiger partial charge in [0.05, 0.1) is 0 Å². The molecule has 0 aromatic rings. The third-order valence-corrected chi connectivity index (χ3v) is 6.00. The lowest BCUT2D eigenvalue weighted by molar-refractivity contribution is -0.143. The number of amides is 1. The number of carbonyl (C=O) groups is 2. The lowest BCUT2D eigenvalue weighted by atomic mass is 10.0. The Labute approximate surface area is 203 Å². The first-order valence-electron chi connectivity index (χ1n) is 13.2. The van der Waals surface area contributed by atoms with E-state index in [9.17, 15) is 9.59 Å². The Balaban J connectivity index is 3.30. The molecule has 0 bridgehead atoms. The summed E-state index contributed by atoms with van der Waals surface area (Å²) in [4.78, 5) is 23.4. The average molecular weight is 471 g/mol. The number of rotatable bonds is 24. The van der Waals surface area contributed by atoms with E-state index in [1.165, 1.54) is 88.8 Å². The van der Waals surface area contributed by atoms with Crippen molar-refractivity contribution in [3.8, 4) is 0 Å². The maximum Gasteiger partial charge on any atom is 0.323 e. The number of carbonyl (C=O) groups excluding carboxylic acids is 2. The summed E-state index contributed by atoms with van der Waals surface area (Å²) in [6.45, 7) is 3.03. The zero-order valence-corrected chi connectivity index (χ0v) is 21.5. The van der Waals surface area contributed by atoms with Gasteiger partial charge in [0, 0.05) is 18.3 Å². The molecule has 1 atom stereocenters. The van der Waals surface area contributed by atoms with Gasteiger partial charge < -0.3 is 15.8 Å². The summed E-state index contributed by atoms with van der Waals surface area (Å²) in [5.74, 6) is -0.285. The van der Waals surface area contributed by atoms with Gasteiger partial charge in [-0.05, 0) is 25.7 Å². The van der Waals surface area contributed by atoms with E-state index in [1.54, 1.807) is 0 Å². The fraction of sp³-hybridized carbons (Fsp3) is 0.885. The van der Waals surface area contributed by atoms with E-state index in [-0.39, 0.29) is 12.5 Å². The van der Waals surface area contributed by atoms with Gasteiger partial charge in [-0.1, -0.05) is 109 Å². The molecule has 0 unspecified atom stereocenters. The predicted molar refractivity (Wildman–Crippen MR) is 139 cm³/mol. The highest BCUT2D eigenvalue weighted by molar-refractivity contribution is 7.79. The number of thiocarbonyl (C=S) groups is 1. The van der Waals surface area contributed by atoms with Crippen LogP contribution in [0.15, 0.2) is 0 Å². The van der Waals surface area contributed by atoms with Gasteiger partial charge in [-0.25, -0.2) is 0 Å². The molecule has 0 aliphatic rings. The molecule has 188 valence electrons. The van der Waals surface area contributed by atoms with E-state index in [4.69, 9.17) is 10.5 Å². The third-order valence-electron chi connectivity index (χ3n) is 5.87.